The normalized spacial score (nSPS) is 19.3. The number of piperazine rings is 1. The fourth-order valence-electron chi connectivity index (χ4n) is 4.10. The van der Waals surface area contributed by atoms with Crippen LogP contribution >= 0.6 is 0 Å². The number of fused-ring (bicyclic) bond motifs is 1. The maximum absolute atomic E-state index is 15.1. The van der Waals surface area contributed by atoms with Crippen molar-refractivity contribution in [2.45, 2.75) is 25.9 Å². The molecule has 2 heterocycles. The number of aromatic nitrogens is 1. The molecule has 0 spiro atoms. The maximum atomic E-state index is 15.1. The van der Waals surface area contributed by atoms with E-state index in [0.29, 0.717) is 13.1 Å². The molecule has 2 aromatic carbocycles. The van der Waals surface area contributed by atoms with E-state index in [2.05, 4.69) is 5.32 Å². The molecule has 0 amide bonds. The van der Waals surface area contributed by atoms with Crippen molar-refractivity contribution in [1.29, 1.82) is 0 Å². The van der Waals surface area contributed by atoms with Crippen LogP contribution in [0.25, 0.3) is 16.6 Å². The lowest BCUT2D eigenvalue weighted by Gasteiger charge is -2.38. The number of benzene rings is 2. The number of aromatic carboxylic acids is 1. The summed E-state index contributed by atoms with van der Waals surface area (Å²) in [5, 5.41) is 12.7. The lowest BCUT2D eigenvalue weighted by molar-refractivity contribution is 0.0695. The van der Waals surface area contributed by atoms with E-state index in [9.17, 15) is 19.1 Å². The third kappa shape index (κ3) is 3.43. The SMILES string of the molecule is CC1CN(c2cc3c(cc2F)c(=O)c(C(=O)O)cn3-c2ccccc2F)CC(C)N1. The Morgan fingerprint density at radius 1 is 1.07 bits per heavy atom. The molecular formula is C22H21F2N3O3. The summed E-state index contributed by atoms with van der Waals surface area (Å²) in [6.07, 6.45) is 1.09. The zero-order valence-electron chi connectivity index (χ0n) is 16.5. The minimum Gasteiger partial charge on any atom is -0.477 e. The van der Waals surface area contributed by atoms with Gasteiger partial charge in [0.2, 0.25) is 5.43 Å². The Kier molecular flexibility index (Phi) is 5.03. The summed E-state index contributed by atoms with van der Waals surface area (Å²) in [7, 11) is 0. The Hall–Kier alpha value is -3.26. The lowest BCUT2D eigenvalue weighted by Crippen LogP contribution is -2.54. The van der Waals surface area contributed by atoms with E-state index in [0.717, 1.165) is 12.3 Å². The predicted octanol–water partition coefficient (Wildman–Crippen LogP) is 3.15. The van der Waals surface area contributed by atoms with Crippen LogP contribution in [0, 0.1) is 11.6 Å². The third-order valence-electron chi connectivity index (χ3n) is 5.31. The number of carboxylic acids is 1. The van der Waals surface area contributed by atoms with Gasteiger partial charge in [-0.3, -0.25) is 4.79 Å². The number of para-hydroxylation sites is 1. The molecule has 2 N–H and O–H groups in total. The average molecular weight is 413 g/mol. The van der Waals surface area contributed by atoms with E-state index in [1.807, 2.05) is 18.7 Å². The van der Waals surface area contributed by atoms with Crippen LogP contribution < -0.4 is 15.6 Å². The van der Waals surface area contributed by atoms with Gasteiger partial charge in [0.15, 0.2) is 0 Å². The number of hydrogen-bond donors (Lipinski definition) is 2. The van der Waals surface area contributed by atoms with Crippen LogP contribution in [0.3, 0.4) is 0 Å². The molecule has 1 aliphatic heterocycles. The first-order chi connectivity index (χ1) is 14.3. The third-order valence-corrected chi connectivity index (χ3v) is 5.31. The van der Waals surface area contributed by atoms with E-state index in [1.54, 1.807) is 6.07 Å². The second kappa shape index (κ2) is 7.53. The zero-order chi connectivity index (χ0) is 21.6. The van der Waals surface area contributed by atoms with Gasteiger partial charge in [-0.1, -0.05) is 12.1 Å². The number of anilines is 1. The van der Waals surface area contributed by atoms with Crippen molar-refractivity contribution in [2.75, 3.05) is 18.0 Å². The molecule has 30 heavy (non-hydrogen) atoms. The number of halogens is 2. The molecule has 0 aliphatic carbocycles. The molecule has 3 aromatic rings. The first-order valence-electron chi connectivity index (χ1n) is 9.64. The highest BCUT2D eigenvalue weighted by Crippen LogP contribution is 2.29. The number of carbonyl (C=O) groups is 1. The Bertz CT molecular complexity index is 1200. The van der Waals surface area contributed by atoms with Crippen LogP contribution in [0.2, 0.25) is 0 Å². The summed E-state index contributed by atoms with van der Waals surface area (Å²) in [5.74, 6) is -2.67. The Morgan fingerprint density at radius 2 is 1.73 bits per heavy atom. The van der Waals surface area contributed by atoms with Gasteiger partial charge in [-0.25, -0.2) is 13.6 Å². The molecule has 2 unspecified atom stereocenters. The van der Waals surface area contributed by atoms with Crippen LogP contribution in [0.1, 0.15) is 24.2 Å². The number of rotatable bonds is 3. The van der Waals surface area contributed by atoms with Crippen molar-refractivity contribution < 1.29 is 18.7 Å². The highest BCUT2D eigenvalue weighted by molar-refractivity contribution is 5.94. The second-order valence-corrected chi connectivity index (χ2v) is 7.69. The summed E-state index contributed by atoms with van der Waals surface area (Å²) in [6, 6.07) is 8.64. The van der Waals surface area contributed by atoms with Crippen LogP contribution in [-0.4, -0.2) is 40.8 Å². The molecule has 1 saturated heterocycles. The van der Waals surface area contributed by atoms with Crippen molar-refractivity contribution in [3.05, 3.63) is 70.0 Å². The summed E-state index contributed by atoms with van der Waals surface area (Å²) >= 11 is 0. The molecule has 6 nitrogen and oxygen atoms in total. The molecular weight excluding hydrogens is 392 g/mol. The van der Waals surface area contributed by atoms with Gasteiger partial charge in [0.25, 0.3) is 0 Å². The van der Waals surface area contributed by atoms with E-state index in [4.69, 9.17) is 0 Å². The smallest absolute Gasteiger partial charge is 0.341 e. The predicted molar refractivity (Wildman–Crippen MR) is 111 cm³/mol. The van der Waals surface area contributed by atoms with Crippen LogP contribution in [0.15, 0.2) is 47.4 Å². The first-order valence-corrected chi connectivity index (χ1v) is 9.64. The quantitative estimate of drug-likeness (QED) is 0.690. The van der Waals surface area contributed by atoms with Gasteiger partial charge in [-0.05, 0) is 38.1 Å². The Labute approximate surface area is 171 Å². The topological polar surface area (TPSA) is 74.6 Å². The first kappa shape index (κ1) is 20.0. The Morgan fingerprint density at radius 3 is 2.37 bits per heavy atom. The molecule has 1 aromatic heterocycles. The summed E-state index contributed by atoms with van der Waals surface area (Å²) < 4.78 is 30.9. The molecule has 1 fully saturated rings. The molecule has 0 bridgehead atoms. The molecule has 156 valence electrons. The van der Waals surface area contributed by atoms with Crippen molar-refractivity contribution in [2.24, 2.45) is 0 Å². The number of hydrogen-bond acceptors (Lipinski definition) is 4. The van der Waals surface area contributed by atoms with E-state index in [1.165, 1.54) is 28.8 Å². The number of carboxylic acid groups (broad SMARTS) is 1. The van der Waals surface area contributed by atoms with Gasteiger partial charge in [0.1, 0.15) is 17.2 Å². The van der Waals surface area contributed by atoms with Gasteiger partial charge in [0, 0.05) is 36.8 Å². The van der Waals surface area contributed by atoms with Crippen LogP contribution in [0.4, 0.5) is 14.5 Å². The zero-order valence-corrected chi connectivity index (χ0v) is 16.5. The number of pyridine rings is 1. The molecule has 8 heteroatoms. The van der Waals surface area contributed by atoms with Crippen molar-refractivity contribution in [3.63, 3.8) is 0 Å². The van der Waals surface area contributed by atoms with E-state index >= 15 is 4.39 Å². The molecule has 4 rings (SSSR count). The second-order valence-electron chi connectivity index (χ2n) is 7.69. The fourth-order valence-corrected chi connectivity index (χ4v) is 4.10. The van der Waals surface area contributed by atoms with Crippen LogP contribution in [-0.2, 0) is 0 Å². The van der Waals surface area contributed by atoms with E-state index < -0.39 is 28.6 Å². The lowest BCUT2D eigenvalue weighted by atomic mass is 10.1. The number of nitrogens with one attached hydrogen (secondary N) is 1. The monoisotopic (exact) mass is 413 g/mol. The fraction of sp³-hybridized carbons (Fsp3) is 0.273. The van der Waals surface area contributed by atoms with Gasteiger partial charge in [-0.15, -0.1) is 0 Å². The standard InChI is InChI=1S/C22H21F2N3O3/c1-12-9-26(10-13(2)25-12)20-8-19-14(7-17(20)24)21(28)15(22(29)30)11-27(19)18-6-4-3-5-16(18)23/h3-8,11-13,25H,9-10H2,1-2H3,(H,29,30). The Balaban J connectivity index is 2.02. The largest absolute Gasteiger partial charge is 0.477 e. The molecule has 2 atom stereocenters. The van der Waals surface area contributed by atoms with Crippen LogP contribution in [0.5, 0.6) is 0 Å². The van der Waals surface area contributed by atoms with E-state index in [-0.39, 0.29) is 34.4 Å². The molecule has 1 aliphatic rings. The molecule has 0 radical (unpaired) electrons. The van der Waals surface area contributed by atoms with Gasteiger partial charge in [0.05, 0.1) is 16.9 Å². The molecule has 0 saturated carbocycles. The minimum absolute atomic E-state index is 0.0737. The highest BCUT2D eigenvalue weighted by atomic mass is 19.1. The summed E-state index contributed by atoms with van der Waals surface area (Å²) in [5.41, 5.74) is -0.759. The van der Waals surface area contributed by atoms with Gasteiger partial charge < -0.3 is 19.9 Å². The maximum Gasteiger partial charge on any atom is 0.341 e. The minimum atomic E-state index is -1.46. The van der Waals surface area contributed by atoms with Crippen molar-refractivity contribution in [3.8, 4) is 5.69 Å². The van der Waals surface area contributed by atoms with Gasteiger partial charge in [-0.2, -0.15) is 0 Å². The van der Waals surface area contributed by atoms with Crippen molar-refractivity contribution >= 4 is 22.6 Å². The number of nitrogens with zero attached hydrogens (tertiary/aromatic N) is 2. The summed E-state index contributed by atoms with van der Waals surface area (Å²) in [4.78, 5) is 26.2. The highest BCUT2D eigenvalue weighted by Gasteiger charge is 2.25. The van der Waals surface area contributed by atoms with Gasteiger partial charge >= 0.3 is 5.97 Å². The van der Waals surface area contributed by atoms with Crippen molar-refractivity contribution in [1.82, 2.24) is 9.88 Å². The average Bonchev–Trinajstić information content (AvgIpc) is 2.68. The summed E-state index contributed by atoms with van der Waals surface area (Å²) in [6.45, 7) is 5.11.